The van der Waals surface area contributed by atoms with Crippen LogP contribution in [-0.2, 0) is 11.3 Å². The van der Waals surface area contributed by atoms with E-state index in [0.29, 0.717) is 23.6 Å². The van der Waals surface area contributed by atoms with Crippen LogP contribution in [0.15, 0.2) is 60.8 Å². The Morgan fingerprint density at radius 1 is 1.09 bits per heavy atom. The van der Waals surface area contributed by atoms with Crippen molar-refractivity contribution in [3.05, 3.63) is 71.9 Å². The Morgan fingerprint density at radius 3 is 2.54 bits per heavy atom. The average Bonchev–Trinajstić information content (AvgIpc) is 3.53. The molecule has 1 saturated heterocycles. The maximum absolute atomic E-state index is 11.8. The Kier molecular flexibility index (Phi) is 6.49. The molecule has 2 aromatic heterocycles. The number of fused-ring (bicyclic) bond motifs is 1. The van der Waals surface area contributed by atoms with Crippen molar-refractivity contribution in [2.24, 2.45) is 0 Å². The zero-order valence-corrected chi connectivity index (χ0v) is 19.7. The molecule has 2 aromatic carbocycles. The molecular formula is C26H27N5O4. The van der Waals surface area contributed by atoms with Gasteiger partial charge in [0.1, 0.15) is 22.6 Å². The summed E-state index contributed by atoms with van der Waals surface area (Å²) in [5, 5.41) is 12.6. The molecular weight excluding hydrogens is 446 g/mol. The van der Waals surface area contributed by atoms with Gasteiger partial charge in [0.25, 0.3) is 0 Å². The minimum Gasteiger partial charge on any atom is -0.497 e. The molecule has 35 heavy (non-hydrogen) atoms. The molecule has 180 valence electrons. The van der Waals surface area contributed by atoms with E-state index in [9.17, 15) is 4.79 Å². The minimum absolute atomic E-state index is 0.273. The number of benzene rings is 2. The van der Waals surface area contributed by atoms with Crippen molar-refractivity contribution in [2.75, 3.05) is 32.6 Å². The van der Waals surface area contributed by atoms with Gasteiger partial charge in [0.2, 0.25) is 0 Å². The lowest BCUT2D eigenvalue weighted by Gasteiger charge is -2.12. The Balaban J connectivity index is 1.50. The third kappa shape index (κ3) is 4.90. The quantitative estimate of drug-likeness (QED) is 0.373. The molecule has 9 heteroatoms. The Labute approximate surface area is 203 Å². The van der Waals surface area contributed by atoms with Gasteiger partial charge < -0.3 is 24.8 Å². The van der Waals surface area contributed by atoms with Gasteiger partial charge in [-0.1, -0.05) is 12.1 Å². The Morgan fingerprint density at radius 2 is 1.86 bits per heavy atom. The van der Waals surface area contributed by atoms with Crippen LogP contribution in [0.2, 0.25) is 0 Å². The summed E-state index contributed by atoms with van der Waals surface area (Å²) in [6, 6.07) is 16.8. The van der Waals surface area contributed by atoms with Gasteiger partial charge in [-0.15, -0.1) is 0 Å². The molecule has 5 rings (SSSR count). The normalized spacial score (nSPS) is 15.2. The molecule has 1 fully saturated rings. The summed E-state index contributed by atoms with van der Waals surface area (Å²) in [4.78, 5) is 16.4. The van der Waals surface area contributed by atoms with Crippen molar-refractivity contribution in [3.8, 4) is 17.2 Å². The standard InChI is InChI=1S/C26H27N5O4/c1-33-20-7-3-17(4-8-20)16-31-25-23(24(30-31)29-19-11-13-27-15-19)22(12-14-28-25)35-21-9-5-18(6-10-21)26(32)34-2/h3-10,12,14,19,27H,11,13,15-16H2,1-2H3,(H,29,30)/t19-/m1/s1. The molecule has 9 nitrogen and oxygen atoms in total. The summed E-state index contributed by atoms with van der Waals surface area (Å²) in [7, 11) is 3.01. The third-order valence-corrected chi connectivity index (χ3v) is 5.99. The summed E-state index contributed by atoms with van der Waals surface area (Å²) < 4.78 is 18.2. The number of nitrogens with zero attached hydrogens (tertiary/aromatic N) is 3. The van der Waals surface area contributed by atoms with E-state index in [1.807, 2.05) is 35.0 Å². The van der Waals surface area contributed by atoms with Crippen LogP contribution in [0.1, 0.15) is 22.3 Å². The van der Waals surface area contributed by atoms with Crippen LogP contribution in [0.4, 0.5) is 5.82 Å². The van der Waals surface area contributed by atoms with Gasteiger partial charge >= 0.3 is 5.97 Å². The van der Waals surface area contributed by atoms with E-state index in [1.54, 1.807) is 37.6 Å². The second-order valence-electron chi connectivity index (χ2n) is 8.31. The molecule has 0 aliphatic carbocycles. The van der Waals surface area contributed by atoms with Crippen molar-refractivity contribution < 1.29 is 19.0 Å². The fourth-order valence-electron chi connectivity index (χ4n) is 4.15. The molecule has 0 radical (unpaired) electrons. The predicted octanol–water partition coefficient (Wildman–Crippen LogP) is 3.84. The number of pyridine rings is 1. The molecule has 1 atom stereocenters. The number of rotatable bonds is 8. The number of hydrogen-bond donors (Lipinski definition) is 2. The van der Waals surface area contributed by atoms with Crippen LogP contribution in [0.5, 0.6) is 17.2 Å². The highest BCUT2D eigenvalue weighted by Crippen LogP contribution is 2.35. The average molecular weight is 474 g/mol. The molecule has 2 N–H and O–H groups in total. The second-order valence-corrected chi connectivity index (χ2v) is 8.31. The highest BCUT2D eigenvalue weighted by molar-refractivity contribution is 5.94. The number of hydrogen-bond acceptors (Lipinski definition) is 8. The number of methoxy groups -OCH3 is 2. The first-order valence-electron chi connectivity index (χ1n) is 11.5. The fourth-order valence-corrected chi connectivity index (χ4v) is 4.15. The third-order valence-electron chi connectivity index (χ3n) is 5.99. The largest absolute Gasteiger partial charge is 0.497 e. The van der Waals surface area contributed by atoms with Crippen LogP contribution in [-0.4, -0.2) is 54.1 Å². The smallest absolute Gasteiger partial charge is 0.337 e. The van der Waals surface area contributed by atoms with E-state index in [-0.39, 0.29) is 12.0 Å². The highest BCUT2D eigenvalue weighted by Gasteiger charge is 2.22. The van der Waals surface area contributed by atoms with Crippen molar-refractivity contribution in [1.29, 1.82) is 0 Å². The lowest BCUT2D eigenvalue weighted by atomic mass is 10.2. The Hall–Kier alpha value is -4.11. The van der Waals surface area contributed by atoms with Crippen molar-refractivity contribution in [3.63, 3.8) is 0 Å². The van der Waals surface area contributed by atoms with Gasteiger partial charge in [0.15, 0.2) is 11.5 Å². The monoisotopic (exact) mass is 473 g/mol. The number of aromatic nitrogens is 3. The summed E-state index contributed by atoms with van der Waals surface area (Å²) in [6.45, 7) is 2.39. The zero-order valence-electron chi connectivity index (χ0n) is 19.7. The van der Waals surface area contributed by atoms with E-state index in [2.05, 4.69) is 15.6 Å². The van der Waals surface area contributed by atoms with Crippen molar-refractivity contribution >= 4 is 22.8 Å². The fraction of sp³-hybridized carbons (Fsp3) is 0.269. The maximum Gasteiger partial charge on any atom is 0.337 e. The van der Waals surface area contributed by atoms with Crippen LogP contribution in [0.25, 0.3) is 11.0 Å². The minimum atomic E-state index is -0.390. The number of carbonyl (C=O) groups excluding carboxylic acids is 1. The van der Waals surface area contributed by atoms with Crippen LogP contribution < -0.4 is 20.1 Å². The Bertz CT molecular complexity index is 1310. The first-order chi connectivity index (χ1) is 17.1. The van der Waals surface area contributed by atoms with Crippen molar-refractivity contribution in [1.82, 2.24) is 20.1 Å². The first kappa shape index (κ1) is 22.7. The van der Waals surface area contributed by atoms with E-state index in [0.717, 1.165) is 47.7 Å². The lowest BCUT2D eigenvalue weighted by molar-refractivity contribution is 0.0600. The number of nitrogens with one attached hydrogen (secondary N) is 2. The number of anilines is 1. The van der Waals surface area contributed by atoms with Gasteiger partial charge in [-0.3, -0.25) is 0 Å². The summed E-state index contributed by atoms with van der Waals surface area (Å²) in [6.07, 6.45) is 2.73. The zero-order chi connectivity index (χ0) is 24.2. The van der Waals surface area contributed by atoms with E-state index in [4.69, 9.17) is 19.3 Å². The second kappa shape index (κ2) is 10.0. The van der Waals surface area contributed by atoms with Gasteiger partial charge in [-0.05, 0) is 54.9 Å². The highest BCUT2D eigenvalue weighted by atomic mass is 16.5. The first-order valence-corrected chi connectivity index (χ1v) is 11.5. The molecule has 1 aliphatic heterocycles. The molecule has 3 heterocycles. The number of esters is 1. The molecule has 0 amide bonds. The molecule has 1 aliphatic rings. The summed E-state index contributed by atoms with van der Waals surface area (Å²) in [5.74, 6) is 2.38. The predicted molar refractivity (Wildman–Crippen MR) is 132 cm³/mol. The van der Waals surface area contributed by atoms with Gasteiger partial charge in [0, 0.05) is 24.8 Å². The molecule has 0 saturated carbocycles. The number of ether oxygens (including phenoxy) is 3. The van der Waals surface area contributed by atoms with Gasteiger partial charge in [-0.2, -0.15) is 5.10 Å². The summed E-state index contributed by atoms with van der Waals surface area (Å²) in [5.41, 5.74) is 2.26. The van der Waals surface area contributed by atoms with E-state index in [1.165, 1.54) is 7.11 Å². The molecule has 0 bridgehead atoms. The molecule has 0 unspecified atom stereocenters. The van der Waals surface area contributed by atoms with Gasteiger partial charge in [-0.25, -0.2) is 14.5 Å². The lowest BCUT2D eigenvalue weighted by Crippen LogP contribution is -2.22. The molecule has 4 aromatic rings. The van der Waals surface area contributed by atoms with Gasteiger partial charge in [0.05, 0.1) is 26.3 Å². The van der Waals surface area contributed by atoms with E-state index < -0.39 is 0 Å². The maximum atomic E-state index is 11.8. The summed E-state index contributed by atoms with van der Waals surface area (Å²) >= 11 is 0. The van der Waals surface area contributed by atoms with Crippen molar-refractivity contribution in [2.45, 2.75) is 19.0 Å². The SMILES string of the molecule is COC(=O)c1ccc(Oc2ccnc3c2c(N[C@@H]2CCNC2)nn3Cc2ccc(OC)cc2)cc1. The topological polar surface area (TPSA) is 99.5 Å². The number of carbonyl (C=O) groups is 1. The van der Waals surface area contributed by atoms with E-state index >= 15 is 0 Å². The van der Waals surface area contributed by atoms with Crippen LogP contribution >= 0.6 is 0 Å². The van der Waals surface area contributed by atoms with Crippen LogP contribution in [0.3, 0.4) is 0 Å². The molecule has 0 spiro atoms. The van der Waals surface area contributed by atoms with Crippen LogP contribution in [0, 0.1) is 0 Å².